The number of benzene rings is 1. The van der Waals surface area contributed by atoms with Crippen molar-refractivity contribution in [1.82, 2.24) is 5.32 Å². The second-order valence-corrected chi connectivity index (χ2v) is 4.37. The van der Waals surface area contributed by atoms with Gasteiger partial charge in [0.05, 0.1) is 0 Å². The molecule has 1 aromatic carbocycles. The van der Waals surface area contributed by atoms with E-state index in [9.17, 15) is 4.79 Å². The Morgan fingerprint density at radius 3 is 3.00 bits per heavy atom. The van der Waals surface area contributed by atoms with Crippen LogP contribution < -0.4 is 5.32 Å². The molecule has 2 rings (SSSR count). The van der Waals surface area contributed by atoms with E-state index in [0.29, 0.717) is 12.3 Å². The number of hydrogen-bond acceptors (Lipinski definition) is 2. The summed E-state index contributed by atoms with van der Waals surface area (Å²) in [6.45, 7) is 2.67. The number of furan rings is 1. The van der Waals surface area contributed by atoms with Gasteiger partial charge >= 0.3 is 0 Å². The second-order valence-electron chi connectivity index (χ2n) is 3.52. The van der Waals surface area contributed by atoms with Crippen molar-refractivity contribution in [3.05, 3.63) is 34.5 Å². The van der Waals surface area contributed by atoms with E-state index in [1.54, 1.807) is 6.07 Å². The van der Waals surface area contributed by atoms with Gasteiger partial charge in [-0.1, -0.05) is 28.9 Å². The van der Waals surface area contributed by atoms with E-state index in [0.717, 1.165) is 21.9 Å². The van der Waals surface area contributed by atoms with Crippen molar-refractivity contribution in [2.75, 3.05) is 6.54 Å². The molecule has 2 aromatic rings. The Morgan fingerprint density at radius 1 is 1.50 bits per heavy atom. The summed E-state index contributed by atoms with van der Waals surface area (Å²) in [5.74, 6) is 0.195. The summed E-state index contributed by atoms with van der Waals surface area (Å²) in [6, 6.07) is 7.40. The van der Waals surface area contributed by atoms with Gasteiger partial charge in [0.2, 0.25) is 0 Å². The van der Waals surface area contributed by atoms with Crippen LogP contribution >= 0.6 is 15.9 Å². The van der Waals surface area contributed by atoms with Crippen LogP contribution in [0.3, 0.4) is 0 Å². The maximum Gasteiger partial charge on any atom is 0.287 e. The van der Waals surface area contributed by atoms with Gasteiger partial charge in [0.15, 0.2) is 5.76 Å². The van der Waals surface area contributed by atoms with Crippen LogP contribution in [0, 0.1) is 0 Å². The zero-order valence-corrected chi connectivity index (χ0v) is 10.5. The standard InChI is InChI=1S/C12H12BrNO2/c1-2-6-14-12(15)11-7-8-9(13)4-3-5-10(8)16-11/h3-5,7H,2,6H2,1H3,(H,14,15). The quantitative estimate of drug-likeness (QED) is 0.938. The number of fused-ring (bicyclic) bond motifs is 1. The number of carbonyl (C=O) groups is 1. The van der Waals surface area contributed by atoms with Gasteiger partial charge in [0, 0.05) is 16.4 Å². The Labute approximate surface area is 102 Å². The van der Waals surface area contributed by atoms with Crippen LogP contribution in [-0.2, 0) is 0 Å². The van der Waals surface area contributed by atoms with Gasteiger partial charge in [-0.05, 0) is 24.6 Å². The molecule has 0 bridgehead atoms. The second kappa shape index (κ2) is 4.70. The number of rotatable bonds is 3. The average Bonchev–Trinajstić information content (AvgIpc) is 2.71. The van der Waals surface area contributed by atoms with Gasteiger partial charge in [-0.25, -0.2) is 0 Å². The first-order chi connectivity index (χ1) is 7.72. The highest BCUT2D eigenvalue weighted by Gasteiger charge is 2.12. The van der Waals surface area contributed by atoms with E-state index < -0.39 is 0 Å². The van der Waals surface area contributed by atoms with Crippen LogP contribution in [0.2, 0.25) is 0 Å². The van der Waals surface area contributed by atoms with Crippen molar-refractivity contribution >= 4 is 32.8 Å². The molecule has 0 fully saturated rings. The molecule has 1 N–H and O–H groups in total. The lowest BCUT2D eigenvalue weighted by Gasteiger charge is -1.98. The molecule has 0 aliphatic carbocycles. The molecule has 0 radical (unpaired) electrons. The zero-order valence-electron chi connectivity index (χ0n) is 8.92. The summed E-state index contributed by atoms with van der Waals surface area (Å²) >= 11 is 3.42. The van der Waals surface area contributed by atoms with Gasteiger partial charge in [0.25, 0.3) is 5.91 Å². The fraction of sp³-hybridized carbons (Fsp3) is 0.250. The van der Waals surface area contributed by atoms with E-state index in [2.05, 4.69) is 21.2 Å². The molecule has 0 unspecified atom stereocenters. The topological polar surface area (TPSA) is 42.2 Å². The smallest absolute Gasteiger partial charge is 0.287 e. The summed E-state index contributed by atoms with van der Waals surface area (Å²) in [4.78, 5) is 11.7. The third kappa shape index (κ3) is 2.11. The number of carbonyl (C=O) groups excluding carboxylic acids is 1. The number of halogens is 1. The van der Waals surface area contributed by atoms with Gasteiger partial charge in [0.1, 0.15) is 5.58 Å². The van der Waals surface area contributed by atoms with Crippen LogP contribution in [0.5, 0.6) is 0 Å². The number of amides is 1. The Balaban J connectivity index is 2.32. The number of nitrogens with one attached hydrogen (secondary N) is 1. The maximum atomic E-state index is 11.7. The minimum Gasteiger partial charge on any atom is -0.451 e. The van der Waals surface area contributed by atoms with E-state index in [1.165, 1.54) is 0 Å². The van der Waals surface area contributed by atoms with Gasteiger partial charge in [-0.3, -0.25) is 4.79 Å². The summed E-state index contributed by atoms with van der Waals surface area (Å²) in [5.41, 5.74) is 0.719. The highest BCUT2D eigenvalue weighted by atomic mass is 79.9. The first kappa shape index (κ1) is 11.2. The Bertz CT molecular complexity index is 519. The minimum atomic E-state index is -0.162. The lowest BCUT2D eigenvalue weighted by Crippen LogP contribution is -2.23. The van der Waals surface area contributed by atoms with E-state index in [1.807, 2.05) is 25.1 Å². The monoisotopic (exact) mass is 281 g/mol. The van der Waals surface area contributed by atoms with Crippen molar-refractivity contribution in [1.29, 1.82) is 0 Å². The van der Waals surface area contributed by atoms with E-state index in [-0.39, 0.29) is 5.91 Å². The van der Waals surface area contributed by atoms with Gasteiger partial charge in [-0.2, -0.15) is 0 Å². The number of hydrogen-bond donors (Lipinski definition) is 1. The third-order valence-corrected chi connectivity index (χ3v) is 2.96. The van der Waals surface area contributed by atoms with E-state index in [4.69, 9.17) is 4.42 Å². The summed E-state index contributed by atoms with van der Waals surface area (Å²) in [5, 5.41) is 3.70. The molecule has 3 nitrogen and oxygen atoms in total. The predicted molar refractivity (Wildman–Crippen MR) is 66.5 cm³/mol. The molecule has 84 valence electrons. The molecular weight excluding hydrogens is 270 g/mol. The van der Waals surface area contributed by atoms with Crippen LogP contribution in [0.15, 0.2) is 33.2 Å². The fourth-order valence-corrected chi connectivity index (χ4v) is 1.93. The molecule has 0 atom stereocenters. The molecule has 1 heterocycles. The highest BCUT2D eigenvalue weighted by Crippen LogP contribution is 2.26. The lowest BCUT2D eigenvalue weighted by molar-refractivity contribution is 0.0928. The third-order valence-electron chi connectivity index (χ3n) is 2.27. The Kier molecular flexibility index (Phi) is 3.29. The van der Waals surface area contributed by atoms with Crippen molar-refractivity contribution in [3.63, 3.8) is 0 Å². The molecule has 0 aliphatic heterocycles. The van der Waals surface area contributed by atoms with Crippen molar-refractivity contribution in [2.45, 2.75) is 13.3 Å². The lowest BCUT2D eigenvalue weighted by atomic mass is 10.2. The van der Waals surface area contributed by atoms with Crippen LogP contribution in [0.25, 0.3) is 11.0 Å². The van der Waals surface area contributed by atoms with E-state index >= 15 is 0 Å². The molecule has 1 amide bonds. The highest BCUT2D eigenvalue weighted by molar-refractivity contribution is 9.10. The van der Waals surface area contributed by atoms with Gasteiger partial charge in [-0.15, -0.1) is 0 Å². The van der Waals surface area contributed by atoms with Crippen LogP contribution in [0.1, 0.15) is 23.9 Å². The normalized spacial score (nSPS) is 10.6. The maximum absolute atomic E-state index is 11.7. The average molecular weight is 282 g/mol. The fourth-order valence-electron chi connectivity index (χ4n) is 1.46. The Hall–Kier alpha value is -1.29. The molecule has 0 aliphatic rings. The Morgan fingerprint density at radius 2 is 2.31 bits per heavy atom. The molecule has 0 saturated heterocycles. The molecule has 16 heavy (non-hydrogen) atoms. The van der Waals surface area contributed by atoms with Crippen LogP contribution in [0.4, 0.5) is 0 Å². The molecule has 0 saturated carbocycles. The summed E-state index contributed by atoms with van der Waals surface area (Å²) < 4.78 is 6.40. The van der Waals surface area contributed by atoms with Gasteiger partial charge < -0.3 is 9.73 Å². The van der Waals surface area contributed by atoms with Crippen molar-refractivity contribution < 1.29 is 9.21 Å². The zero-order chi connectivity index (χ0) is 11.5. The van der Waals surface area contributed by atoms with Crippen LogP contribution in [-0.4, -0.2) is 12.5 Å². The first-order valence-electron chi connectivity index (χ1n) is 5.18. The molecular formula is C12H12BrNO2. The molecule has 0 spiro atoms. The summed E-state index contributed by atoms with van der Waals surface area (Å²) in [6.07, 6.45) is 0.912. The first-order valence-corrected chi connectivity index (χ1v) is 5.98. The van der Waals surface area contributed by atoms with Crippen molar-refractivity contribution in [3.8, 4) is 0 Å². The molecule has 4 heteroatoms. The summed E-state index contributed by atoms with van der Waals surface area (Å²) in [7, 11) is 0. The molecule has 1 aromatic heterocycles. The SMILES string of the molecule is CCCNC(=O)c1cc2c(Br)cccc2o1. The predicted octanol–water partition coefficient (Wildman–Crippen LogP) is 3.34. The minimum absolute atomic E-state index is 0.162. The largest absolute Gasteiger partial charge is 0.451 e. The van der Waals surface area contributed by atoms with Crippen molar-refractivity contribution in [2.24, 2.45) is 0 Å².